The number of carbonyl (C=O) groups excluding carboxylic acids is 4. The molecule has 2 aliphatic rings. The number of halogens is 2. The van der Waals surface area contributed by atoms with E-state index in [1.54, 1.807) is 53.4 Å². The molecule has 0 spiro atoms. The lowest BCUT2D eigenvalue weighted by atomic mass is 10.0. The lowest BCUT2D eigenvalue weighted by Gasteiger charge is -2.29. The van der Waals surface area contributed by atoms with Crippen molar-refractivity contribution in [3.8, 4) is 11.5 Å². The molecule has 0 aliphatic carbocycles. The van der Waals surface area contributed by atoms with Crippen molar-refractivity contribution in [1.82, 2.24) is 20.2 Å². The summed E-state index contributed by atoms with van der Waals surface area (Å²) >= 11 is 6.19. The van der Waals surface area contributed by atoms with Crippen LogP contribution in [0.2, 0.25) is 5.02 Å². The number of fused-ring (bicyclic) bond motifs is 2. The van der Waals surface area contributed by atoms with Gasteiger partial charge in [-0.25, -0.2) is 14.4 Å². The number of non-ortho nitro benzene ring substituents is 1. The van der Waals surface area contributed by atoms with Gasteiger partial charge < -0.3 is 34.1 Å². The number of amides is 4. The van der Waals surface area contributed by atoms with Gasteiger partial charge in [0, 0.05) is 65.6 Å². The van der Waals surface area contributed by atoms with Gasteiger partial charge in [-0.15, -0.1) is 0 Å². The highest BCUT2D eigenvalue weighted by Crippen LogP contribution is 2.39. The summed E-state index contributed by atoms with van der Waals surface area (Å²) in [5, 5.41) is 16.8. The van der Waals surface area contributed by atoms with Crippen LogP contribution >= 0.6 is 11.6 Å². The van der Waals surface area contributed by atoms with Crippen molar-refractivity contribution in [3.05, 3.63) is 117 Å². The lowest BCUT2D eigenvalue weighted by Crippen LogP contribution is -2.52. The molecule has 7 rings (SSSR count). The van der Waals surface area contributed by atoms with Crippen molar-refractivity contribution in [2.45, 2.75) is 38.4 Å². The molecule has 3 heterocycles. The number of nitrogens with zero attached hydrogens (tertiary/aromatic N) is 5. The van der Waals surface area contributed by atoms with Crippen molar-refractivity contribution >= 4 is 69.0 Å². The number of carbonyl (C=O) groups is 4. The normalized spacial score (nSPS) is 14.8. The Morgan fingerprint density at radius 1 is 1.00 bits per heavy atom. The van der Waals surface area contributed by atoms with E-state index in [0.29, 0.717) is 56.3 Å². The van der Waals surface area contributed by atoms with E-state index in [1.807, 2.05) is 0 Å². The number of methoxy groups -OCH3 is 1. The number of imide groups is 1. The van der Waals surface area contributed by atoms with Gasteiger partial charge >= 0.3 is 0 Å². The Kier molecular flexibility index (Phi) is 13.3. The number of anilines is 3. The molecule has 17 nitrogen and oxygen atoms in total. The number of aromatic nitrogens is 2. The zero-order valence-electron chi connectivity index (χ0n) is 32.7. The fourth-order valence-electron chi connectivity index (χ4n) is 7.00. The molecule has 61 heavy (non-hydrogen) atoms. The molecule has 0 bridgehead atoms. The minimum Gasteiger partial charge on any atom is -0.493 e. The van der Waals surface area contributed by atoms with E-state index in [-0.39, 0.29) is 93.8 Å². The first-order valence-electron chi connectivity index (χ1n) is 19.1. The van der Waals surface area contributed by atoms with E-state index in [2.05, 4.69) is 20.6 Å². The summed E-state index contributed by atoms with van der Waals surface area (Å²) < 4.78 is 37.2. The highest BCUT2D eigenvalue weighted by Gasteiger charge is 2.40. The van der Waals surface area contributed by atoms with Gasteiger partial charge in [-0.2, -0.15) is 0 Å². The molecule has 4 aromatic carbocycles. The maximum Gasteiger partial charge on any atom is 0.269 e. The maximum atomic E-state index is 14.2. The molecule has 1 fully saturated rings. The van der Waals surface area contributed by atoms with Crippen molar-refractivity contribution in [3.63, 3.8) is 0 Å². The zero-order chi connectivity index (χ0) is 43.0. The molecule has 1 saturated heterocycles. The first-order valence-corrected chi connectivity index (χ1v) is 19.5. The van der Waals surface area contributed by atoms with E-state index >= 15 is 0 Å². The fourth-order valence-corrected chi connectivity index (χ4v) is 7.17. The number of nitro groups is 1. The number of ether oxygens (including phenoxy) is 4. The van der Waals surface area contributed by atoms with Crippen molar-refractivity contribution < 1.29 is 47.4 Å². The minimum atomic E-state index is -0.759. The van der Waals surface area contributed by atoms with Crippen LogP contribution in [0.1, 0.15) is 40.7 Å². The highest BCUT2D eigenvalue weighted by atomic mass is 35.5. The minimum absolute atomic E-state index is 0.0462. The third kappa shape index (κ3) is 9.83. The molecule has 19 heteroatoms. The zero-order valence-corrected chi connectivity index (χ0v) is 33.5. The van der Waals surface area contributed by atoms with Crippen molar-refractivity contribution in [2.24, 2.45) is 0 Å². The maximum absolute atomic E-state index is 14.2. The van der Waals surface area contributed by atoms with E-state index in [0.717, 1.165) is 0 Å². The summed E-state index contributed by atoms with van der Waals surface area (Å²) in [7, 11) is 1.50. The number of piperidine rings is 1. The van der Waals surface area contributed by atoms with Gasteiger partial charge in [-0.1, -0.05) is 29.8 Å². The summed E-state index contributed by atoms with van der Waals surface area (Å²) in [6.07, 6.45) is 1.81. The van der Waals surface area contributed by atoms with Gasteiger partial charge in [0.25, 0.3) is 11.6 Å². The van der Waals surface area contributed by atoms with Crippen LogP contribution in [0.3, 0.4) is 0 Å². The number of hydrogen-bond donors (Lipinski definition) is 2. The second-order valence-corrected chi connectivity index (χ2v) is 14.3. The van der Waals surface area contributed by atoms with Crippen LogP contribution in [0.15, 0.2) is 79.1 Å². The Hall–Kier alpha value is -6.76. The summed E-state index contributed by atoms with van der Waals surface area (Å²) in [5.41, 5.74) is 3.16. The third-order valence-corrected chi connectivity index (χ3v) is 10.3. The van der Waals surface area contributed by atoms with Crippen LogP contribution in [0, 0.1) is 15.9 Å². The predicted octanol–water partition coefficient (Wildman–Crippen LogP) is 5.88. The molecule has 4 amide bonds. The standard InChI is InChI=1S/C42H39ClFN7O10/c1-58-36-21-34-29(40(46-24-45-34)49(27-9-10-32(44)31(43)19-27)22-25-5-7-26(8-6-25)51(56)57)20-37(36)61-18-17-60-16-15-59-14-13-39(53)47-33-4-2-3-28-30(33)23-50(42(28)55)35-11-12-38(52)48-41(35)54/h2-10,19-21,24,35H,11-18,22-23H2,1H3,(H,47,53)(H,48,52,54). The molecule has 1 aromatic heterocycles. The fraction of sp³-hybridized carbons (Fsp3) is 0.286. The second-order valence-electron chi connectivity index (χ2n) is 13.9. The molecular weight excluding hydrogens is 817 g/mol. The molecule has 2 N–H and O–H groups in total. The molecule has 2 aliphatic heterocycles. The Bertz CT molecular complexity index is 2490. The van der Waals surface area contributed by atoms with Crippen LogP contribution in [0.25, 0.3) is 10.9 Å². The topological polar surface area (TPSA) is 205 Å². The molecule has 316 valence electrons. The smallest absolute Gasteiger partial charge is 0.269 e. The summed E-state index contributed by atoms with van der Waals surface area (Å²) in [5.74, 6) is -0.904. The monoisotopic (exact) mass is 855 g/mol. The largest absolute Gasteiger partial charge is 0.493 e. The number of nitrogens with one attached hydrogen (secondary N) is 2. The van der Waals surface area contributed by atoms with Crippen molar-refractivity contribution in [1.29, 1.82) is 0 Å². The van der Waals surface area contributed by atoms with Gasteiger partial charge in [0.05, 0.1) is 55.4 Å². The van der Waals surface area contributed by atoms with Crippen LogP contribution in [-0.4, -0.2) is 89.6 Å². The summed E-state index contributed by atoms with van der Waals surface area (Å²) in [6, 6.07) is 18.0. The van der Waals surface area contributed by atoms with Crippen LogP contribution in [0.4, 0.5) is 27.3 Å². The second kappa shape index (κ2) is 19.1. The quantitative estimate of drug-likeness (QED) is 0.0458. The SMILES string of the molecule is COc1cc2ncnc(N(Cc3ccc([N+](=O)[O-])cc3)c3ccc(F)c(Cl)c3)c2cc1OCCOCCOCCC(=O)Nc1cccc2c1CN(C1CCC(=O)NC1=O)C2=O. The molecule has 1 atom stereocenters. The van der Waals surface area contributed by atoms with Gasteiger partial charge in [0.15, 0.2) is 11.5 Å². The van der Waals surface area contributed by atoms with Gasteiger partial charge in [-0.05, 0) is 48.4 Å². The number of rotatable bonds is 18. The van der Waals surface area contributed by atoms with E-state index in [9.17, 15) is 33.7 Å². The van der Waals surface area contributed by atoms with Gasteiger partial charge in [0.2, 0.25) is 17.7 Å². The van der Waals surface area contributed by atoms with E-state index in [1.165, 1.54) is 42.6 Å². The summed E-state index contributed by atoms with van der Waals surface area (Å²) in [6.45, 7) is 1.21. The molecule has 5 aromatic rings. The first kappa shape index (κ1) is 42.4. The number of nitro benzene ring substituents is 1. The summed E-state index contributed by atoms with van der Waals surface area (Å²) in [4.78, 5) is 72.8. The number of hydrogen-bond acceptors (Lipinski definition) is 13. The molecule has 1 unspecified atom stereocenters. The Labute approximate surface area is 352 Å². The molecule has 0 saturated carbocycles. The Morgan fingerprint density at radius 2 is 1.77 bits per heavy atom. The average molecular weight is 856 g/mol. The van der Waals surface area contributed by atoms with Gasteiger partial charge in [0.1, 0.15) is 30.6 Å². The predicted molar refractivity (Wildman–Crippen MR) is 219 cm³/mol. The van der Waals surface area contributed by atoms with E-state index < -0.39 is 22.7 Å². The van der Waals surface area contributed by atoms with Crippen molar-refractivity contribution in [2.75, 3.05) is 50.4 Å². The third-order valence-electron chi connectivity index (χ3n) is 10.0. The van der Waals surface area contributed by atoms with Gasteiger partial charge in [-0.3, -0.25) is 34.6 Å². The van der Waals surface area contributed by atoms with Crippen LogP contribution < -0.4 is 25.0 Å². The van der Waals surface area contributed by atoms with Crippen LogP contribution in [-0.2, 0) is 36.9 Å². The molecule has 0 radical (unpaired) electrons. The van der Waals surface area contributed by atoms with E-state index in [4.69, 9.17) is 30.5 Å². The Balaban J connectivity index is 0.907. The van der Waals surface area contributed by atoms with Crippen LogP contribution in [0.5, 0.6) is 11.5 Å². The Morgan fingerprint density at radius 3 is 2.51 bits per heavy atom. The lowest BCUT2D eigenvalue weighted by molar-refractivity contribution is -0.384. The molecular formula is C42H39ClFN7O10. The first-order chi connectivity index (χ1) is 29.5. The number of benzene rings is 4. The average Bonchev–Trinajstić information content (AvgIpc) is 3.59. The highest BCUT2D eigenvalue weighted by molar-refractivity contribution is 6.31.